The number of amides is 1. The van der Waals surface area contributed by atoms with Crippen molar-refractivity contribution in [2.45, 2.75) is 57.8 Å². The molecule has 5 nitrogen and oxygen atoms in total. The van der Waals surface area contributed by atoms with Crippen LogP contribution in [0.1, 0.15) is 56.2 Å². The summed E-state index contributed by atoms with van der Waals surface area (Å²) in [5.41, 5.74) is 3.42. The summed E-state index contributed by atoms with van der Waals surface area (Å²) in [7, 11) is -4.12. The van der Waals surface area contributed by atoms with Gasteiger partial charge >= 0.3 is 0 Å². The minimum absolute atomic E-state index is 0.0586. The van der Waals surface area contributed by atoms with Crippen LogP contribution in [0.25, 0.3) is 0 Å². The monoisotopic (exact) mass is 479 g/mol. The van der Waals surface area contributed by atoms with Crippen molar-refractivity contribution in [1.29, 1.82) is 0 Å². The van der Waals surface area contributed by atoms with Gasteiger partial charge in [0, 0.05) is 0 Å². The van der Waals surface area contributed by atoms with E-state index < -0.39 is 22.5 Å². The first-order valence-electron chi connectivity index (χ1n) is 11.7. The van der Waals surface area contributed by atoms with Gasteiger partial charge in [-0.1, -0.05) is 69.2 Å². The van der Waals surface area contributed by atoms with Crippen LogP contribution in [0.15, 0.2) is 77.7 Å². The molecule has 0 saturated carbocycles. The summed E-state index contributed by atoms with van der Waals surface area (Å²) in [6.45, 7) is 7.76. The predicted octanol–water partition coefficient (Wildman–Crippen LogP) is 6.26. The maximum absolute atomic E-state index is 13.5. The molecule has 180 valence electrons. The van der Waals surface area contributed by atoms with Crippen molar-refractivity contribution in [3.63, 3.8) is 0 Å². The van der Waals surface area contributed by atoms with Gasteiger partial charge in [0.1, 0.15) is 5.75 Å². The fourth-order valence-corrected chi connectivity index (χ4v) is 4.99. The van der Waals surface area contributed by atoms with Crippen LogP contribution < -0.4 is 9.04 Å². The number of hydrogen-bond donors (Lipinski definition) is 0. The predicted molar refractivity (Wildman–Crippen MR) is 137 cm³/mol. The van der Waals surface area contributed by atoms with E-state index in [1.165, 1.54) is 12.1 Å². The van der Waals surface area contributed by atoms with Crippen molar-refractivity contribution < 1.29 is 17.9 Å². The highest BCUT2D eigenvalue weighted by Gasteiger charge is 2.31. The number of nitrogens with zero attached hydrogens (tertiary/aromatic N) is 1. The highest BCUT2D eigenvalue weighted by Crippen LogP contribution is 2.26. The number of carbonyl (C=O) groups is 1. The molecule has 0 bridgehead atoms. The van der Waals surface area contributed by atoms with E-state index in [-0.39, 0.29) is 4.90 Å². The molecule has 0 unspecified atom stereocenters. The Morgan fingerprint density at radius 1 is 0.971 bits per heavy atom. The minimum atomic E-state index is -4.12. The summed E-state index contributed by atoms with van der Waals surface area (Å²) >= 11 is 0. The number of anilines is 1. The molecule has 0 aliphatic rings. The van der Waals surface area contributed by atoms with Gasteiger partial charge in [0.15, 0.2) is 6.61 Å². The molecule has 3 rings (SSSR count). The van der Waals surface area contributed by atoms with Gasteiger partial charge in [0.05, 0.1) is 10.6 Å². The van der Waals surface area contributed by atoms with Gasteiger partial charge < -0.3 is 4.74 Å². The Bertz CT molecular complexity index is 1200. The van der Waals surface area contributed by atoms with Gasteiger partial charge in [-0.25, -0.2) is 8.42 Å². The molecule has 0 spiro atoms. The number of aryl methyl sites for hydroxylation is 2. The Morgan fingerprint density at radius 3 is 2.26 bits per heavy atom. The zero-order valence-corrected chi connectivity index (χ0v) is 21.1. The number of sulfonamides is 1. The molecule has 6 heteroatoms. The Balaban J connectivity index is 1.91. The molecule has 0 atom stereocenters. The van der Waals surface area contributed by atoms with Crippen LogP contribution in [0.3, 0.4) is 0 Å². The molecule has 0 aliphatic heterocycles. The SMILES string of the molecule is CCCCc1ccc(N(C(=O)COc2cccc(C(C)C)c2)S(=O)(=O)c2ccc(C)cc2)cc1. The molecule has 0 aliphatic carbocycles. The summed E-state index contributed by atoms with van der Waals surface area (Å²) in [6.07, 6.45) is 3.03. The summed E-state index contributed by atoms with van der Waals surface area (Å²) in [5, 5.41) is 0. The topological polar surface area (TPSA) is 63.7 Å². The van der Waals surface area contributed by atoms with Gasteiger partial charge in [-0.2, -0.15) is 4.31 Å². The van der Waals surface area contributed by atoms with Crippen LogP contribution in [0.2, 0.25) is 0 Å². The van der Waals surface area contributed by atoms with E-state index in [0.717, 1.165) is 40.3 Å². The lowest BCUT2D eigenvalue weighted by Crippen LogP contribution is -2.40. The third-order valence-corrected chi connectivity index (χ3v) is 7.43. The van der Waals surface area contributed by atoms with E-state index in [2.05, 4.69) is 20.8 Å². The van der Waals surface area contributed by atoms with Crippen LogP contribution in [-0.2, 0) is 21.2 Å². The second-order valence-corrected chi connectivity index (χ2v) is 10.5. The number of hydrogen-bond acceptors (Lipinski definition) is 4. The van der Waals surface area contributed by atoms with Gasteiger partial charge in [-0.05, 0) is 73.2 Å². The van der Waals surface area contributed by atoms with Gasteiger partial charge in [-0.15, -0.1) is 0 Å². The Hall–Kier alpha value is -3.12. The third-order valence-electron chi connectivity index (χ3n) is 5.66. The smallest absolute Gasteiger partial charge is 0.278 e. The average molecular weight is 480 g/mol. The van der Waals surface area contributed by atoms with Gasteiger partial charge in [-0.3, -0.25) is 4.79 Å². The molecule has 0 aromatic heterocycles. The lowest BCUT2D eigenvalue weighted by molar-refractivity contribution is -0.119. The van der Waals surface area contributed by atoms with Crippen LogP contribution in [0.5, 0.6) is 5.75 Å². The second-order valence-electron chi connectivity index (χ2n) is 8.76. The first-order valence-corrected chi connectivity index (χ1v) is 13.1. The zero-order valence-electron chi connectivity index (χ0n) is 20.3. The number of unbranched alkanes of at least 4 members (excludes halogenated alkanes) is 1. The Kier molecular flexibility index (Phi) is 8.51. The molecule has 3 aromatic carbocycles. The molecule has 0 heterocycles. The first-order chi connectivity index (χ1) is 16.2. The van der Waals surface area contributed by atoms with Crippen LogP contribution in [-0.4, -0.2) is 20.9 Å². The molecule has 3 aromatic rings. The van der Waals surface area contributed by atoms with Crippen molar-refractivity contribution in [2.75, 3.05) is 10.9 Å². The maximum Gasteiger partial charge on any atom is 0.278 e. The van der Waals surface area contributed by atoms with E-state index in [4.69, 9.17) is 4.74 Å². The van der Waals surface area contributed by atoms with Crippen molar-refractivity contribution in [3.05, 3.63) is 89.5 Å². The van der Waals surface area contributed by atoms with E-state index in [9.17, 15) is 13.2 Å². The van der Waals surface area contributed by atoms with Crippen LogP contribution >= 0.6 is 0 Å². The van der Waals surface area contributed by atoms with Crippen LogP contribution in [0.4, 0.5) is 5.69 Å². The molecule has 0 N–H and O–H groups in total. The Labute approximate surface area is 203 Å². The van der Waals surface area contributed by atoms with Crippen molar-refractivity contribution in [1.82, 2.24) is 0 Å². The van der Waals surface area contributed by atoms with Gasteiger partial charge in [0.25, 0.3) is 15.9 Å². The molecular formula is C28H33NO4S. The summed E-state index contributed by atoms with van der Waals surface area (Å²) in [6, 6.07) is 21.1. The van der Waals surface area contributed by atoms with E-state index in [1.807, 2.05) is 37.3 Å². The second kappa shape index (κ2) is 11.3. The molecule has 1 amide bonds. The fraction of sp³-hybridized carbons (Fsp3) is 0.321. The quantitative estimate of drug-likeness (QED) is 0.344. The highest BCUT2D eigenvalue weighted by atomic mass is 32.2. The van der Waals surface area contributed by atoms with Crippen molar-refractivity contribution in [2.24, 2.45) is 0 Å². The molecule has 0 radical (unpaired) electrons. The lowest BCUT2D eigenvalue weighted by atomic mass is 10.0. The van der Waals surface area contributed by atoms with E-state index in [0.29, 0.717) is 17.4 Å². The van der Waals surface area contributed by atoms with Gasteiger partial charge in [0.2, 0.25) is 0 Å². The average Bonchev–Trinajstić information content (AvgIpc) is 2.82. The number of benzene rings is 3. The maximum atomic E-state index is 13.5. The van der Waals surface area contributed by atoms with Crippen LogP contribution in [0, 0.1) is 6.92 Å². The summed E-state index contributed by atoms with van der Waals surface area (Å²) in [4.78, 5) is 13.4. The van der Waals surface area contributed by atoms with Crippen molar-refractivity contribution >= 4 is 21.6 Å². The number of ether oxygens (including phenoxy) is 1. The molecular weight excluding hydrogens is 446 g/mol. The number of carbonyl (C=O) groups excluding carboxylic acids is 1. The number of rotatable bonds is 10. The third kappa shape index (κ3) is 6.26. The Morgan fingerprint density at radius 2 is 1.65 bits per heavy atom. The summed E-state index contributed by atoms with van der Waals surface area (Å²) in [5.74, 6) is 0.183. The highest BCUT2D eigenvalue weighted by molar-refractivity contribution is 7.93. The van der Waals surface area contributed by atoms with E-state index >= 15 is 0 Å². The first kappa shape index (κ1) is 25.5. The summed E-state index contributed by atoms with van der Waals surface area (Å²) < 4.78 is 33.7. The van der Waals surface area contributed by atoms with E-state index in [1.54, 1.807) is 30.3 Å². The normalized spacial score (nSPS) is 11.4. The molecule has 34 heavy (non-hydrogen) atoms. The minimum Gasteiger partial charge on any atom is -0.484 e. The fourth-order valence-electron chi connectivity index (χ4n) is 3.58. The molecule has 0 saturated heterocycles. The standard InChI is InChI=1S/C28H33NO4S/c1-5-6-8-23-13-15-25(16-14-23)29(34(31,32)27-17-11-22(4)12-18-27)28(30)20-33-26-10-7-9-24(19-26)21(2)3/h7,9-19,21H,5-6,8,20H2,1-4H3. The molecule has 0 fully saturated rings. The largest absolute Gasteiger partial charge is 0.484 e. The lowest BCUT2D eigenvalue weighted by Gasteiger charge is -2.23. The zero-order chi connectivity index (χ0) is 24.7. The van der Waals surface area contributed by atoms with Crippen molar-refractivity contribution in [3.8, 4) is 5.75 Å².